The summed E-state index contributed by atoms with van der Waals surface area (Å²) in [5.74, 6) is 2.07. The molecule has 0 aromatic rings. The predicted octanol–water partition coefficient (Wildman–Crippen LogP) is 1.39. The fourth-order valence-corrected chi connectivity index (χ4v) is 3.88. The van der Waals surface area contributed by atoms with E-state index in [9.17, 15) is 9.59 Å². The molecule has 2 atom stereocenters. The summed E-state index contributed by atoms with van der Waals surface area (Å²) in [6.45, 7) is 1.41. The molecule has 5 nitrogen and oxygen atoms in total. The highest BCUT2D eigenvalue weighted by Crippen LogP contribution is 2.23. The molecule has 18 heavy (non-hydrogen) atoms. The van der Waals surface area contributed by atoms with Crippen molar-refractivity contribution in [2.24, 2.45) is 5.92 Å². The van der Waals surface area contributed by atoms with Gasteiger partial charge in [-0.2, -0.15) is 11.8 Å². The van der Waals surface area contributed by atoms with Gasteiger partial charge in [0.2, 0.25) is 0 Å². The van der Waals surface area contributed by atoms with E-state index in [1.54, 1.807) is 4.90 Å². The molecule has 2 aliphatic rings. The van der Waals surface area contributed by atoms with Crippen LogP contribution in [0.3, 0.4) is 0 Å². The molecule has 2 saturated heterocycles. The normalized spacial score (nSPS) is 27.4. The molecule has 2 heterocycles. The van der Waals surface area contributed by atoms with Gasteiger partial charge >= 0.3 is 12.0 Å². The molecule has 2 unspecified atom stereocenters. The Morgan fingerprint density at radius 3 is 2.89 bits per heavy atom. The standard InChI is InChI=1S/C12H20N2O3S/c15-11(16)6-10-2-1-4-14(10)12(17)13-7-9-3-5-18-8-9/h9-10H,1-8H2,(H,13,17)(H,15,16). The van der Waals surface area contributed by atoms with E-state index in [0.717, 1.165) is 25.1 Å². The number of nitrogens with one attached hydrogen (secondary N) is 1. The van der Waals surface area contributed by atoms with Crippen molar-refractivity contribution < 1.29 is 14.7 Å². The predicted molar refractivity (Wildman–Crippen MR) is 70.8 cm³/mol. The Kier molecular flexibility index (Phi) is 4.74. The van der Waals surface area contributed by atoms with Crippen LogP contribution in [0.25, 0.3) is 0 Å². The summed E-state index contributed by atoms with van der Waals surface area (Å²) in [7, 11) is 0. The molecular formula is C12H20N2O3S. The molecule has 0 spiro atoms. The highest BCUT2D eigenvalue weighted by atomic mass is 32.2. The highest BCUT2D eigenvalue weighted by Gasteiger charge is 2.30. The van der Waals surface area contributed by atoms with Crippen molar-refractivity contribution in [1.82, 2.24) is 10.2 Å². The number of carboxylic acids is 1. The van der Waals surface area contributed by atoms with Crippen LogP contribution in [-0.4, -0.2) is 52.6 Å². The number of carbonyl (C=O) groups is 2. The maximum atomic E-state index is 12.0. The summed E-state index contributed by atoms with van der Waals surface area (Å²) in [6, 6.07) is -0.212. The summed E-state index contributed by atoms with van der Waals surface area (Å²) >= 11 is 1.93. The number of hydrogen-bond donors (Lipinski definition) is 2. The minimum Gasteiger partial charge on any atom is -0.481 e. The Balaban J connectivity index is 1.77. The molecule has 0 aromatic heterocycles. The number of rotatable bonds is 4. The lowest BCUT2D eigenvalue weighted by atomic mass is 10.1. The summed E-state index contributed by atoms with van der Waals surface area (Å²) < 4.78 is 0. The van der Waals surface area contributed by atoms with Crippen LogP contribution in [0.15, 0.2) is 0 Å². The van der Waals surface area contributed by atoms with Gasteiger partial charge in [0.1, 0.15) is 0 Å². The monoisotopic (exact) mass is 272 g/mol. The van der Waals surface area contributed by atoms with Gasteiger partial charge < -0.3 is 15.3 Å². The molecule has 0 radical (unpaired) electrons. The molecule has 0 aromatic carbocycles. The van der Waals surface area contributed by atoms with Gasteiger partial charge in [-0.05, 0) is 36.7 Å². The summed E-state index contributed by atoms with van der Waals surface area (Å²) in [6.07, 6.45) is 2.94. The average molecular weight is 272 g/mol. The average Bonchev–Trinajstić information content (AvgIpc) is 2.95. The van der Waals surface area contributed by atoms with E-state index >= 15 is 0 Å². The van der Waals surface area contributed by atoms with Crippen molar-refractivity contribution in [3.63, 3.8) is 0 Å². The lowest BCUT2D eigenvalue weighted by Gasteiger charge is -2.24. The van der Waals surface area contributed by atoms with Crippen LogP contribution >= 0.6 is 11.8 Å². The van der Waals surface area contributed by atoms with Gasteiger partial charge in [0.15, 0.2) is 0 Å². The van der Waals surface area contributed by atoms with Crippen molar-refractivity contribution in [2.75, 3.05) is 24.6 Å². The van der Waals surface area contributed by atoms with Crippen molar-refractivity contribution in [3.05, 3.63) is 0 Å². The highest BCUT2D eigenvalue weighted by molar-refractivity contribution is 7.99. The zero-order valence-electron chi connectivity index (χ0n) is 10.4. The van der Waals surface area contributed by atoms with Gasteiger partial charge in [-0.3, -0.25) is 4.79 Å². The maximum absolute atomic E-state index is 12.0. The summed E-state index contributed by atoms with van der Waals surface area (Å²) in [5, 5.41) is 11.8. The Morgan fingerprint density at radius 2 is 2.22 bits per heavy atom. The number of urea groups is 1. The molecule has 2 rings (SSSR count). The van der Waals surface area contributed by atoms with Gasteiger partial charge in [0.05, 0.1) is 6.42 Å². The van der Waals surface area contributed by atoms with Gasteiger partial charge in [-0.1, -0.05) is 0 Å². The van der Waals surface area contributed by atoms with Crippen LogP contribution in [0.1, 0.15) is 25.7 Å². The Morgan fingerprint density at radius 1 is 1.39 bits per heavy atom. The first kappa shape index (κ1) is 13.5. The molecule has 6 heteroatoms. The number of carbonyl (C=O) groups excluding carboxylic acids is 1. The van der Waals surface area contributed by atoms with E-state index in [4.69, 9.17) is 5.11 Å². The van der Waals surface area contributed by atoms with Crippen LogP contribution in [0.2, 0.25) is 0 Å². The number of likely N-dealkylation sites (tertiary alicyclic amines) is 1. The topological polar surface area (TPSA) is 69.6 Å². The van der Waals surface area contributed by atoms with Gasteiger partial charge in [-0.25, -0.2) is 4.79 Å². The minimum atomic E-state index is -0.827. The second kappa shape index (κ2) is 6.31. The van der Waals surface area contributed by atoms with Crippen LogP contribution in [0.4, 0.5) is 4.79 Å². The zero-order chi connectivity index (χ0) is 13.0. The molecule has 2 N–H and O–H groups in total. The van der Waals surface area contributed by atoms with Gasteiger partial charge in [0, 0.05) is 19.1 Å². The van der Waals surface area contributed by atoms with E-state index in [2.05, 4.69) is 5.32 Å². The second-order valence-corrected chi connectivity index (χ2v) is 6.15. The first-order valence-corrected chi connectivity index (χ1v) is 7.66. The van der Waals surface area contributed by atoms with E-state index in [1.165, 1.54) is 12.2 Å². The van der Waals surface area contributed by atoms with Gasteiger partial charge in [0.25, 0.3) is 0 Å². The third-order valence-corrected chi connectivity index (χ3v) is 4.85. The molecule has 0 aliphatic carbocycles. The van der Waals surface area contributed by atoms with E-state index in [1.807, 2.05) is 11.8 Å². The molecule has 0 bridgehead atoms. The van der Waals surface area contributed by atoms with E-state index in [-0.39, 0.29) is 18.5 Å². The fourth-order valence-electron chi connectivity index (χ4n) is 2.59. The van der Waals surface area contributed by atoms with E-state index in [0.29, 0.717) is 12.5 Å². The van der Waals surface area contributed by atoms with Crippen LogP contribution in [-0.2, 0) is 4.79 Å². The summed E-state index contributed by atoms with van der Waals surface area (Å²) in [4.78, 5) is 24.4. The number of thioether (sulfide) groups is 1. The van der Waals surface area contributed by atoms with Crippen molar-refractivity contribution in [2.45, 2.75) is 31.7 Å². The SMILES string of the molecule is O=C(O)CC1CCCN1C(=O)NCC1CCSC1. The fraction of sp³-hybridized carbons (Fsp3) is 0.833. The first-order valence-electron chi connectivity index (χ1n) is 6.51. The Bertz CT molecular complexity index is 318. The zero-order valence-corrected chi connectivity index (χ0v) is 11.2. The molecule has 0 saturated carbocycles. The number of carboxylic acid groups (broad SMARTS) is 1. The lowest BCUT2D eigenvalue weighted by Crippen LogP contribution is -2.44. The number of amides is 2. The maximum Gasteiger partial charge on any atom is 0.317 e. The van der Waals surface area contributed by atoms with Crippen molar-refractivity contribution in [1.29, 1.82) is 0 Å². The number of hydrogen-bond acceptors (Lipinski definition) is 3. The molecule has 2 aliphatic heterocycles. The van der Waals surface area contributed by atoms with E-state index < -0.39 is 5.97 Å². The third kappa shape index (κ3) is 3.54. The quantitative estimate of drug-likeness (QED) is 0.811. The molecule has 2 amide bonds. The van der Waals surface area contributed by atoms with Crippen molar-refractivity contribution >= 4 is 23.8 Å². The smallest absolute Gasteiger partial charge is 0.317 e. The van der Waals surface area contributed by atoms with Crippen LogP contribution < -0.4 is 5.32 Å². The third-order valence-electron chi connectivity index (χ3n) is 3.61. The number of nitrogens with zero attached hydrogens (tertiary/aromatic N) is 1. The first-order chi connectivity index (χ1) is 8.66. The largest absolute Gasteiger partial charge is 0.481 e. The Hall–Kier alpha value is -0.910. The van der Waals surface area contributed by atoms with Crippen molar-refractivity contribution in [3.8, 4) is 0 Å². The number of aliphatic carboxylic acids is 1. The van der Waals surface area contributed by atoms with Crippen LogP contribution in [0, 0.1) is 5.92 Å². The molecule has 2 fully saturated rings. The van der Waals surface area contributed by atoms with Crippen LogP contribution in [0.5, 0.6) is 0 Å². The molecular weight excluding hydrogens is 252 g/mol. The lowest BCUT2D eigenvalue weighted by molar-refractivity contribution is -0.137. The second-order valence-electron chi connectivity index (χ2n) is 5.00. The Labute approximate surface area is 111 Å². The molecule has 102 valence electrons. The summed E-state index contributed by atoms with van der Waals surface area (Å²) in [5.41, 5.74) is 0. The van der Waals surface area contributed by atoms with Gasteiger partial charge in [-0.15, -0.1) is 0 Å². The minimum absolute atomic E-state index is 0.0622.